The minimum atomic E-state index is -1.30. The third kappa shape index (κ3) is 3.86. The van der Waals surface area contributed by atoms with Crippen molar-refractivity contribution in [3.8, 4) is 23.0 Å². The molecule has 0 amide bonds. The Morgan fingerprint density at radius 3 is 1.83 bits per heavy atom. The number of halogens is 2. The summed E-state index contributed by atoms with van der Waals surface area (Å²) in [5.74, 6) is -0.522. The molecule has 0 atom stereocenters. The van der Waals surface area contributed by atoms with Crippen molar-refractivity contribution in [1.82, 2.24) is 0 Å². The molecule has 30 heavy (non-hydrogen) atoms. The van der Waals surface area contributed by atoms with Crippen LogP contribution in [0.15, 0.2) is 57.5 Å². The molecule has 2 aliphatic heterocycles. The van der Waals surface area contributed by atoms with E-state index in [1.165, 1.54) is 12.1 Å². The van der Waals surface area contributed by atoms with E-state index >= 15 is 0 Å². The van der Waals surface area contributed by atoms with Gasteiger partial charge >= 0.3 is 92.8 Å². The maximum atomic E-state index is 12.7. The first-order chi connectivity index (χ1) is 12.9. The zero-order chi connectivity index (χ0) is 18.9. The SMILES string of the molecule is O=C1OC2(c3cc(Br)c([O-])cc3Oc3cc([O-])c(Br)cc32)c2ccccc21.[Hg+].[Na+].[Na+]. The first-order valence-electron chi connectivity index (χ1n) is 7.94. The molecule has 1 spiro atoms. The second-order valence-electron chi connectivity index (χ2n) is 6.28. The summed E-state index contributed by atoms with van der Waals surface area (Å²) >= 11 is 6.52. The summed E-state index contributed by atoms with van der Waals surface area (Å²) in [6.07, 6.45) is 0. The van der Waals surface area contributed by atoms with Crippen LogP contribution in [-0.2, 0) is 38.0 Å². The summed E-state index contributed by atoms with van der Waals surface area (Å²) in [4.78, 5) is 12.7. The van der Waals surface area contributed by atoms with E-state index in [0.29, 0.717) is 31.2 Å². The van der Waals surface area contributed by atoms with E-state index in [0.717, 1.165) is 0 Å². The molecule has 0 fully saturated rings. The summed E-state index contributed by atoms with van der Waals surface area (Å²) in [6.45, 7) is 0. The molecule has 1 radical (unpaired) electrons. The van der Waals surface area contributed by atoms with Crippen molar-refractivity contribution in [3.63, 3.8) is 0 Å². The fraction of sp³-hybridized carbons (Fsp3) is 0.0500. The molecule has 135 valence electrons. The molecular formula is C20H8Br2HgNa2O5+. The Balaban J connectivity index is 0.00000107. The fourth-order valence-electron chi connectivity index (χ4n) is 3.67. The molecule has 3 aromatic rings. The number of rotatable bonds is 0. The number of ether oxygens (including phenoxy) is 2. The zero-order valence-corrected chi connectivity index (χ0v) is 28.8. The van der Waals surface area contributed by atoms with Crippen molar-refractivity contribution in [1.29, 1.82) is 0 Å². The van der Waals surface area contributed by atoms with Crippen LogP contribution in [0, 0.1) is 0 Å². The fourth-order valence-corrected chi connectivity index (χ4v) is 4.36. The average Bonchev–Trinajstić information content (AvgIpc) is 2.93. The maximum Gasteiger partial charge on any atom is 1.00 e. The van der Waals surface area contributed by atoms with E-state index in [2.05, 4.69) is 31.9 Å². The molecular weight excluding hydrogens is 727 g/mol. The molecule has 0 saturated heterocycles. The minimum Gasteiger partial charge on any atom is -0.872 e. The van der Waals surface area contributed by atoms with Crippen LogP contribution < -0.4 is 74.1 Å². The number of hydrogen-bond acceptors (Lipinski definition) is 5. The smallest absolute Gasteiger partial charge is 0.872 e. The second-order valence-corrected chi connectivity index (χ2v) is 7.98. The van der Waals surface area contributed by atoms with Crippen LogP contribution in [-0.4, -0.2) is 5.97 Å². The summed E-state index contributed by atoms with van der Waals surface area (Å²) in [5, 5.41) is 24.3. The van der Waals surface area contributed by atoms with Gasteiger partial charge in [-0.3, -0.25) is 0 Å². The first-order valence-corrected chi connectivity index (χ1v) is 9.53. The summed E-state index contributed by atoms with van der Waals surface area (Å²) in [7, 11) is 0. The Kier molecular flexibility index (Phi) is 8.65. The molecule has 10 heteroatoms. The quantitative estimate of drug-likeness (QED) is 0.196. The zero-order valence-electron chi connectivity index (χ0n) is 16.1. The van der Waals surface area contributed by atoms with Gasteiger partial charge in [-0.1, -0.05) is 61.6 Å². The molecule has 0 saturated carbocycles. The van der Waals surface area contributed by atoms with Crippen LogP contribution in [0.5, 0.6) is 23.0 Å². The Bertz CT molecular complexity index is 1110. The van der Waals surface area contributed by atoms with Crippen LogP contribution in [0.2, 0.25) is 0 Å². The predicted octanol–water partition coefficient (Wildman–Crippen LogP) is -2.07. The van der Waals surface area contributed by atoms with Gasteiger partial charge in [0.2, 0.25) is 0 Å². The van der Waals surface area contributed by atoms with E-state index in [1.54, 1.807) is 30.3 Å². The van der Waals surface area contributed by atoms with Gasteiger partial charge in [0, 0.05) is 25.6 Å². The molecule has 5 rings (SSSR count). The van der Waals surface area contributed by atoms with Crippen molar-refractivity contribution < 1.29 is 111 Å². The van der Waals surface area contributed by atoms with Gasteiger partial charge in [-0.25, -0.2) is 4.79 Å². The standard InChI is InChI=1S/C20H10Br2O5.Hg.2Na/c21-13-5-11-17(7-15(13)23)26-18-8-16(24)14(22)6-12(18)20(11)10-4-2-1-3-9(10)19(25)27-20;;;/h1-8,23-24H;;;/q;3*+1/p-2. The third-order valence-corrected chi connectivity index (χ3v) is 6.06. The predicted molar refractivity (Wildman–Crippen MR) is 99.0 cm³/mol. The van der Waals surface area contributed by atoms with E-state index in [1.807, 2.05) is 6.07 Å². The molecule has 0 bridgehead atoms. The van der Waals surface area contributed by atoms with E-state index < -0.39 is 11.6 Å². The third-order valence-electron chi connectivity index (χ3n) is 4.82. The molecule has 2 heterocycles. The Morgan fingerprint density at radius 1 is 0.800 bits per heavy atom. The van der Waals surface area contributed by atoms with E-state index in [9.17, 15) is 15.0 Å². The average molecular weight is 735 g/mol. The van der Waals surface area contributed by atoms with Gasteiger partial charge in [-0.15, -0.1) is 0 Å². The van der Waals surface area contributed by atoms with Crippen LogP contribution in [0.1, 0.15) is 27.0 Å². The number of hydrogen-bond donors (Lipinski definition) is 0. The van der Waals surface area contributed by atoms with Crippen LogP contribution in [0.25, 0.3) is 0 Å². The molecule has 0 aromatic heterocycles. The van der Waals surface area contributed by atoms with Crippen molar-refractivity contribution in [3.05, 3.63) is 79.7 Å². The normalized spacial score (nSPS) is 14.0. The van der Waals surface area contributed by atoms with Crippen molar-refractivity contribution in [2.24, 2.45) is 0 Å². The largest absolute Gasteiger partial charge is 1.00 e. The summed E-state index contributed by atoms with van der Waals surface area (Å²) < 4.78 is 12.4. The van der Waals surface area contributed by atoms with Gasteiger partial charge in [-0.2, -0.15) is 0 Å². The van der Waals surface area contributed by atoms with E-state index in [4.69, 9.17) is 9.47 Å². The van der Waals surface area contributed by atoms with Crippen LogP contribution in [0.4, 0.5) is 0 Å². The number of carbonyl (C=O) groups is 1. The molecule has 0 aliphatic carbocycles. The van der Waals surface area contributed by atoms with Gasteiger partial charge in [-0.05, 0) is 30.3 Å². The number of carbonyl (C=O) groups excluding carboxylic acids is 1. The second kappa shape index (κ2) is 9.73. The van der Waals surface area contributed by atoms with Gasteiger partial charge < -0.3 is 19.7 Å². The Hall–Kier alpha value is 0.425. The number of esters is 1. The molecule has 0 unspecified atom stereocenters. The van der Waals surface area contributed by atoms with E-state index in [-0.39, 0.29) is 110 Å². The van der Waals surface area contributed by atoms with Crippen LogP contribution in [0.3, 0.4) is 0 Å². The Labute approximate surface area is 253 Å². The van der Waals surface area contributed by atoms with Gasteiger partial charge in [0.25, 0.3) is 0 Å². The topological polar surface area (TPSA) is 81.7 Å². The number of benzene rings is 3. The van der Waals surface area contributed by atoms with Crippen molar-refractivity contribution in [2.45, 2.75) is 5.60 Å². The van der Waals surface area contributed by atoms with Gasteiger partial charge in [0.05, 0.1) is 5.56 Å². The first kappa shape index (κ1) is 26.7. The van der Waals surface area contributed by atoms with Crippen molar-refractivity contribution in [2.75, 3.05) is 0 Å². The molecule has 0 N–H and O–H groups in total. The van der Waals surface area contributed by atoms with Gasteiger partial charge in [0.1, 0.15) is 11.5 Å². The minimum absolute atomic E-state index is 0. The summed E-state index contributed by atoms with van der Waals surface area (Å²) in [5.41, 5.74) is 0.803. The Morgan fingerprint density at radius 2 is 1.30 bits per heavy atom. The number of fused-ring (bicyclic) bond motifs is 6. The molecule has 5 nitrogen and oxygen atoms in total. The maximum absolute atomic E-state index is 12.7. The summed E-state index contributed by atoms with van der Waals surface area (Å²) in [6, 6.07) is 12.9. The molecule has 2 aliphatic rings. The van der Waals surface area contributed by atoms with Gasteiger partial charge in [0.15, 0.2) is 5.60 Å². The molecule has 3 aromatic carbocycles. The van der Waals surface area contributed by atoms with Crippen LogP contribution >= 0.6 is 31.9 Å². The van der Waals surface area contributed by atoms with Crippen molar-refractivity contribution >= 4 is 37.8 Å². The monoisotopic (exact) mass is 734 g/mol.